The van der Waals surface area contributed by atoms with Crippen molar-refractivity contribution in [3.05, 3.63) is 63.1 Å². The minimum absolute atomic E-state index is 0.0362. The van der Waals surface area contributed by atoms with Crippen LogP contribution in [0.5, 0.6) is 5.75 Å². The number of benzene rings is 1. The average molecular weight is 759 g/mol. The van der Waals surface area contributed by atoms with Gasteiger partial charge in [-0.1, -0.05) is 12.4 Å². The molecule has 2 aliphatic rings. The third-order valence-corrected chi connectivity index (χ3v) is 10.0. The third kappa shape index (κ3) is 9.20. The lowest BCUT2D eigenvalue weighted by Gasteiger charge is -2.52. The van der Waals surface area contributed by atoms with Crippen LogP contribution in [0.4, 0.5) is 18.4 Å². The highest BCUT2D eigenvalue weighted by molar-refractivity contribution is 7.64. The minimum Gasteiger partial charge on any atom is -0.502 e. The molecule has 20 heteroatoms. The maximum absolute atomic E-state index is 14.2. The number of rotatable bonds is 14. The maximum Gasteiger partial charge on any atom is 0.510 e. The fourth-order valence-corrected chi connectivity index (χ4v) is 6.68. The SMILES string of the molecule is C=P(CCN1C(=O)c2c(O)c(=O)c(C(=O)NCc3ccc(F)cc3F)cn2N(C)C12CCOC2)(OCOC(=O)OC(C)C)OCOC(=O)OC(C)C. The lowest BCUT2D eigenvalue weighted by Crippen LogP contribution is -2.70. The summed E-state index contributed by atoms with van der Waals surface area (Å²) in [5, 5.41) is 15.0. The quantitative estimate of drug-likeness (QED) is 0.162. The number of carbonyl (C=O) groups is 4. The van der Waals surface area contributed by atoms with Crippen LogP contribution in [0.2, 0.25) is 0 Å². The summed E-state index contributed by atoms with van der Waals surface area (Å²) in [5.74, 6) is -4.56. The van der Waals surface area contributed by atoms with Crippen molar-refractivity contribution in [2.75, 3.05) is 51.6 Å². The van der Waals surface area contributed by atoms with Crippen LogP contribution in [0.15, 0.2) is 29.2 Å². The first-order valence-corrected chi connectivity index (χ1v) is 18.0. The number of hydrogen-bond donors (Lipinski definition) is 2. The van der Waals surface area contributed by atoms with Crippen molar-refractivity contribution in [1.29, 1.82) is 0 Å². The Morgan fingerprint density at radius 1 is 1.06 bits per heavy atom. The van der Waals surface area contributed by atoms with Gasteiger partial charge in [0.15, 0.2) is 17.1 Å². The number of fused-ring (bicyclic) bond motifs is 1. The van der Waals surface area contributed by atoms with Gasteiger partial charge in [-0.15, -0.1) is 0 Å². The molecule has 2 aromatic rings. The van der Waals surface area contributed by atoms with E-state index >= 15 is 0 Å². The molecule has 286 valence electrons. The van der Waals surface area contributed by atoms with Crippen molar-refractivity contribution >= 4 is 37.8 Å². The molecular weight excluding hydrogens is 717 g/mol. The second-order valence-electron chi connectivity index (χ2n) is 12.3. The molecule has 1 atom stereocenters. The first-order valence-electron chi connectivity index (χ1n) is 16.0. The predicted molar refractivity (Wildman–Crippen MR) is 179 cm³/mol. The number of ether oxygens (including phenoxy) is 5. The second-order valence-corrected chi connectivity index (χ2v) is 14.8. The first-order chi connectivity index (χ1) is 24.5. The highest BCUT2D eigenvalue weighted by Crippen LogP contribution is 2.48. The summed E-state index contributed by atoms with van der Waals surface area (Å²) in [4.78, 5) is 65.7. The smallest absolute Gasteiger partial charge is 0.502 e. The highest BCUT2D eigenvalue weighted by Gasteiger charge is 2.52. The standard InChI is InChI=1S/C32H41F2N4O13P/c1-19(2)50-30(43)46-17-48-52(6,49-18-47-31(44)51-20(3)4)12-10-37-29(42)25-27(40)26(39)23(15-38(25)36(5)32(37)9-11-45-16-32)28(41)35-14-21-7-8-22(33)13-24(21)34/h7-8,13,15,19-20,40H,6,9-12,14,16-18H2,1-5H3,(H,35,41). The Bertz CT molecular complexity index is 1750. The van der Waals surface area contributed by atoms with Gasteiger partial charge < -0.3 is 48.1 Å². The van der Waals surface area contributed by atoms with Gasteiger partial charge in [0.2, 0.25) is 19.0 Å². The Morgan fingerprint density at radius 3 is 2.21 bits per heavy atom. The number of likely N-dealkylation sites (N-methyl/N-ethyl adjacent to an activating group) is 1. The molecule has 0 radical (unpaired) electrons. The lowest BCUT2D eigenvalue weighted by atomic mass is 10.0. The number of carbonyl (C=O) groups excluding carboxylic acids is 4. The molecule has 1 aromatic carbocycles. The molecule has 1 fully saturated rings. The molecule has 17 nitrogen and oxygen atoms in total. The zero-order valence-electron chi connectivity index (χ0n) is 29.2. The number of nitrogens with one attached hydrogen (secondary N) is 1. The van der Waals surface area contributed by atoms with E-state index in [1.165, 1.54) is 14.6 Å². The van der Waals surface area contributed by atoms with E-state index in [4.69, 9.17) is 32.7 Å². The summed E-state index contributed by atoms with van der Waals surface area (Å²) < 4.78 is 65.5. The van der Waals surface area contributed by atoms with Crippen molar-refractivity contribution < 1.29 is 65.8 Å². The molecular formula is C32H41F2N4O13P. The third-order valence-electron chi connectivity index (χ3n) is 7.98. The largest absolute Gasteiger partial charge is 0.510 e. The molecule has 52 heavy (non-hydrogen) atoms. The lowest BCUT2D eigenvalue weighted by molar-refractivity contribution is -0.0248. The molecule has 2 amide bonds. The van der Waals surface area contributed by atoms with Crippen molar-refractivity contribution in [3.8, 4) is 5.75 Å². The van der Waals surface area contributed by atoms with Crippen LogP contribution in [0.1, 0.15) is 60.5 Å². The van der Waals surface area contributed by atoms with Gasteiger partial charge in [-0.3, -0.25) is 24.1 Å². The van der Waals surface area contributed by atoms with Crippen molar-refractivity contribution in [2.24, 2.45) is 0 Å². The van der Waals surface area contributed by atoms with E-state index in [2.05, 4.69) is 11.6 Å². The molecule has 1 saturated heterocycles. The van der Waals surface area contributed by atoms with E-state index < -0.39 is 104 Å². The van der Waals surface area contributed by atoms with Crippen LogP contribution in [-0.4, -0.2) is 110 Å². The molecule has 0 bridgehead atoms. The Balaban J connectivity index is 1.59. The van der Waals surface area contributed by atoms with E-state index in [-0.39, 0.29) is 37.9 Å². The van der Waals surface area contributed by atoms with Gasteiger partial charge in [0, 0.05) is 50.5 Å². The number of aromatic nitrogens is 1. The van der Waals surface area contributed by atoms with Gasteiger partial charge >= 0.3 is 12.3 Å². The monoisotopic (exact) mass is 758 g/mol. The number of halogens is 2. The summed E-state index contributed by atoms with van der Waals surface area (Å²) in [6, 6.07) is 2.78. The molecule has 1 unspecified atom stereocenters. The van der Waals surface area contributed by atoms with E-state index in [1.54, 1.807) is 34.7 Å². The van der Waals surface area contributed by atoms with Gasteiger partial charge in [-0.2, -0.15) is 0 Å². The first kappa shape index (κ1) is 40.1. The fraction of sp³-hybridized carbons (Fsp3) is 0.500. The molecule has 2 N–H and O–H groups in total. The van der Waals surface area contributed by atoms with Crippen LogP contribution >= 0.6 is 7.34 Å². The second kappa shape index (κ2) is 16.8. The predicted octanol–water partition coefficient (Wildman–Crippen LogP) is 3.25. The number of amides is 2. The molecule has 0 aliphatic carbocycles. The summed E-state index contributed by atoms with van der Waals surface area (Å²) in [5.41, 5.74) is -3.48. The van der Waals surface area contributed by atoms with Gasteiger partial charge in [0.1, 0.15) is 24.5 Å². The van der Waals surface area contributed by atoms with Gasteiger partial charge in [-0.25, -0.2) is 18.4 Å². The molecule has 2 aliphatic heterocycles. The summed E-state index contributed by atoms with van der Waals surface area (Å²) in [6.45, 7) is 4.72. The Morgan fingerprint density at radius 2 is 1.67 bits per heavy atom. The summed E-state index contributed by atoms with van der Waals surface area (Å²) >= 11 is 0. The molecule has 1 spiro atoms. The van der Waals surface area contributed by atoms with Gasteiger partial charge in [-0.05, 0) is 33.8 Å². The molecule has 4 rings (SSSR count). The van der Waals surface area contributed by atoms with E-state index in [0.717, 1.165) is 18.3 Å². The topological polar surface area (TPSA) is 194 Å². The summed E-state index contributed by atoms with van der Waals surface area (Å²) in [7, 11) is -1.83. The van der Waals surface area contributed by atoms with Crippen LogP contribution in [0, 0.1) is 11.6 Å². The Kier molecular flexibility index (Phi) is 12.9. The van der Waals surface area contributed by atoms with Crippen LogP contribution in [0.25, 0.3) is 0 Å². The van der Waals surface area contributed by atoms with Crippen molar-refractivity contribution in [1.82, 2.24) is 14.9 Å². The van der Waals surface area contributed by atoms with Gasteiger partial charge in [0.05, 0.1) is 25.4 Å². The summed E-state index contributed by atoms with van der Waals surface area (Å²) in [6.07, 6.45) is 2.19. The fourth-order valence-electron chi connectivity index (χ4n) is 5.35. The minimum atomic E-state index is -3.39. The zero-order valence-corrected chi connectivity index (χ0v) is 30.1. The van der Waals surface area contributed by atoms with E-state index in [1.807, 2.05) is 0 Å². The Hall–Kier alpha value is -4.71. The maximum atomic E-state index is 14.2. The van der Waals surface area contributed by atoms with Crippen molar-refractivity contribution in [2.45, 2.75) is 58.5 Å². The average Bonchev–Trinajstić information content (AvgIpc) is 3.54. The van der Waals surface area contributed by atoms with E-state index in [0.29, 0.717) is 6.07 Å². The number of nitrogens with zero attached hydrogens (tertiary/aromatic N) is 3. The number of pyridine rings is 1. The highest BCUT2D eigenvalue weighted by atomic mass is 31.2. The number of hydrogen-bond acceptors (Lipinski definition) is 14. The normalized spacial score (nSPS) is 17.1. The van der Waals surface area contributed by atoms with E-state index in [9.17, 15) is 37.9 Å². The number of aromatic hydroxyl groups is 1. The molecule has 0 saturated carbocycles. The molecule has 1 aromatic heterocycles. The molecule has 3 heterocycles. The van der Waals surface area contributed by atoms with Crippen molar-refractivity contribution in [3.63, 3.8) is 0 Å². The zero-order chi connectivity index (χ0) is 38.4. The Labute approximate surface area is 297 Å². The van der Waals surface area contributed by atoms with Gasteiger partial charge in [0.25, 0.3) is 11.8 Å². The van der Waals surface area contributed by atoms with Crippen LogP contribution in [0.3, 0.4) is 0 Å². The van der Waals surface area contributed by atoms with Crippen LogP contribution in [-0.2, 0) is 39.3 Å². The van der Waals surface area contributed by atoms with Crippen LogP contribution < -0.4 is 15.8 Å².